The number of carbonyl (C=O) groups excluding carboxylic acids is 1. The van der Waals surface area contributed by atoms with Crippen molar-refractivity contribution in [2.24, 2.45) is 0 Å². The van der Waals surface area contributed by atoms with Gasteiger partial charge >= 0.3 is 5.97 Å². The van der Waals surface area contributed by atoms with Crippen molar-refractivity contribution in [2.75, 3.05) is 27.4 Å². The minimum atomic E-state index is -0.255. The van der Waals surface area contributed by atoms with Gasteiger partial charge in [0.1, 0.15) is 0 Å². The Bertz CT molecular complexity index is 426. The van der Waals surface area contributed by atoms with Crippen molar-refractivity contribution >= 4 is 18.4 Å². The van der Waals surface area contributed by atoms with E-state index in [0.29, 0.717) is 18.1 Å². The fourth-order valence-electron chi connectivity index (χ4n) is 1.69. The summed E-state index contributed by atoms with van der Waals surface area (Å²) in [6.45, 7) is 4.34. The average Bonchev–Trinajstić information content (AvgIpc) is 2.44. The van der Waals surface area contributed by atoms with Crippen LogP contribution in [0.4, 0.5) is 0 Å². The number of benzene rings is 1. The van der Waals surface area contributed by atoms with Gasteiger partial charge in [0, 0.05) is 6.04 Å². The van der Waals surface area contributed by atoms with Gasteiger partial charge in [-0.25, -0.2) is 0 Å². The quantitative estimate of drug-likeness (QED) is 0.784. The van der Waals surface area contributed by atoms with Gasteiger partial charge in [-0.3, -0.25) is 4.79 Å². The monoisotopic (exact) mass is 303 g/mol. The summed E-state index contributed by atoms with van der Waals surface area (Å²) in [5, 5.41) is 3.10. The zero-order valence-corrected chi connectivity index (χ0v) is 13.1. The number of nitrogens with one attached hydrogen (secondary N) is 1. The first-order valence-corrected chi connectivity index (χ1v) is 6.23. The Morgan fingerprint density at radius 3 is 2.45 bits per heavy atom. The Balaban J connectivity index is 0.00000361. The molecule has 1 aromatic rings. The lowest BCUT2D eigenvalue weighted by Crippen LogP contribution is -2.27. The van der Waals surface area contributed by atoms with E-state index in [1.165, 1.54) is 0 Å². The Labute approximate surface area is 126 Å². The number of carbonyl (C=O) groups is 1. The highest BCUT2D eigenvalue weighted by Crippen LogP contribution is 2.29. The molecule has 5 nitrogen and oxygen atoms in total. The van der Waals surface area contributed by atoms with E-state index in [0.717, 1.165) is 5.56 Å². The van der Waals surface area contributed by atoms with Crippen molar-refractivity contribution in [1.82, 2.24) is 5.32 Å². The van der Waals surface area contributed by atoms with Gasteiger partial charge < -0.3 is 19.5 Å². The average molecular weight is 304 g/mol. The number of esters is 1. The first-order valence-electron chi connectivity index (χ1n) is 6.23. The van der Waals surface area contributed by atoms with Gasteiger partial charge in [-0.05, 0) is 31.5 Å². The Kier molecular flexibility index (Phi) is 8.76. The van der Waals surface area contributed by atoms with Crippen molar-refractivity contribution in [3.05, 3.63) is 23.8 Å². The molecule has 0 heterocycles. The Hall–Kier alpha value is -1.46. The minimum Gasteiger partial charge on any atom is -0.493 e. The van der Waals surface area contributed by atoms with E-state index in [2.05, 4.69) is 5.32 Å². The highest BCUT2D eigenvalue weighted by atomic mass is 35.5. The lowest BCUT2D eigenvalue weighted by molar-refractivity contribution is -0.142. The lowest BCUT2D eigenvalue weighted by atomic mass is 10.1. The summed E-state index contributed by atoms with van der Waals surface area (Å²) >= 11 is 0. The number of methoxy groups -OCH3 is 2. The molecule has 0 aliphatic carbocycles. The zero-order valence-electron chi connectivity index (χ0n) is 12.3. The Morgan fingerprint density at radius 1 is 1.25 bits per heavy atom. The van der Waals surface area contributed by atoms with E-state index in [1.54, 1.807) is 21.1 Å². The molecule has 114 valence electrons. The van der Waals surface area contributed by atoms with Crippen LogP contribution in [0.1, 0.15) is 25.5 Å². The summed E-state index contributed by atoms with van der Waals surface area (Å²) in [6, 6.07) is 5.69. The molecule has 1 unspecified atom stereocenters. The number of halogens is 1. The molecule has 0 bridgehead atoms. The third-order valence-corrected chi connectivity index (χ3v) is 2.77. The van der Waals surface area contributed by atoms with Crippen LogP contribution in [0.25, 0.3) is 0 Å². The maximum atomic E-state index is 11.3. The highest BCUT2D eigenvalue weighted by Gasteiger charge is 2.11. The molecule has 0 aliphatic rings. The van der Waals surface area contributed by atoms with E-state index in [1.807, 2.05) is 25.1 Å². The van der Waals surface area contributed by atoms with E-state index >= 15 is 0 Å². The Morgan fingerprint density at radius 2 is 1.90 bits per heavy atom. The van der Waals surface area contributed by atoms with Crippen LogP contribution in [-0.4, -0.2) is 33.3 Å². The molecule has 1 atom stereocenters. The predicted octanol–water partition coefficient (Wildman–Crippen LogP) is 2.34. The number of hydrogen-bond donors (Lipinski definition) is 1. The van der Waals surface area contributed by atoms with E-state index in [-0.39, 0.29) is 31.0 Å². The summed E-state index contributed by atoms with van der Waals surface area (Å²) in [4.78, 5) is 11.3. The molecule has 0 spiro atoms. The summed E-state index contributed by atoms with van der Waals surface area (Å²) in [5.74, 6) is 1.10. The largest absolute Gasteiger partial charge is 0.493 e. The van der Waals surface area contributed by atoms with Crippen LogP contribution in [0.3, 0.4) is 0 Å². The molecule has 20 heavy (non-hydrogen) atoms. The number of hydrogen-bond acceptors (Lipinski definition) is 5. The first kappa shape index (κ1) is 18.5. The van der Waals surface area contributed by atoms with E-state index < -0.39 is 0 Å². The van der Waals surface area contributed by atoms with Gasteiger partial charge in [0.05, 0.1) is 27.4 Å². The molecule has 1 N–H and O–H groups in total. The smallest absolute Gasteiger partial charge is 0.319 e. The molecule has 0 amide bonds. The van der Waals surface area contributed by atoms with Crippen molar-refractivity contribution < 1.29 is 19.0 Å². The summed E-state index contributed by atoms with van der Waals surface area (Å²) in [5.41, 5.74) is 1.02. The predicted molar refractivity (Wildman–Crippen MR) is 79.8 cm³/mol. The van der Waals surface area contributed by atoms with Crippen LogP contribution < -0.4 is 14.8 Å². The standard InChI is InChI=1S/C14H21NO4.ClH/c1-5-19-14(16)9-15-10(2)11-6-7-12(17-3)13(8-11)18-4;/h6-8,10,15H,5,9H2,1-4H3;1H. The van der Waals surface area contributed by atoms with Gasteiger partial charge in [0.25, 0.3) is 0 Å². The van der Waals surface area contributed by atoms with Crippen LogP contribution in [0.15, 0.2) is 18.2 Å². The van der Waals surface area contributed by atoms with Crippen LogP contribution in [0.2, 0.25) is 0 Å². The highest BCUT2D eigenvalue weighted by molar-refractivity contribution is 5.85. The fourth-order valence-corrected chi connectivity index (χ4v) is 1.69. The second-order valence-electron chi connectivity index (χ2n) is 4.02. The molecule has 0 fully saturated rings. The second-order valence-corrected chi connectivity index (χ2v) is 4.02. The number of rotatable bonds is 7. The maximum absolute atomic E-state index is 11.3. The van der Waals surface area contributed by atoms with Gasteiger partial charge in [-0.15, -0.1) is 12.4 Å². The van der Waals surface area contributed by atoms with Gasteiger partial charge in [-0.1, -0.05) is 6.07 Å². The van der Waals surface area contributed by atoms with Crippen molar-refractivity contribution in [3.8, 4) is 11.5 Å². The first-order chi connectivity index (χ1) is 9.12. The lowest BCUT2D eigenvalue weighted by Gasteiger charge is -2.16. The summed E-state index contributed by atoms with van der Waals surface area (Å²) in [7, 11) is 3.19. The van der Waals surface area contributed by atoms with Gasteiger partial charge in [0.2, 0.25) is 0 Å². The summed E-state index contributed by atoms with van der Waals surface area (Å²) < 4.78 is 15.3. The molecular weight excluding hydrogens is 282 g/mol. The van der Waals surface area contributed by atoms with Gasteiger partial charge in [0.15, 0.2) is 11.5 Å². The van der Waals surface area contributed by atoms with Crippen LogP contribution in [0.5, 0.6) is 11.5 Å². The third kappa shape index (κ3) is 5.27. The summed E-state index contributed by atoms with van der Waals surface area (Å²) in [6.07, 6.45) is 0. The molecule has 0 saturated carbocycles. The van der Waals surface area contributed by atoms with Crippen LogP contribution in [0, 0.1) is 0 Å². The molecule has 6 heteroatoms. The second kappa shape index (κ2) is 9.44. The SMILES string of the molecule is CCOC(=O)CNC(C)c1ccc(OC)c(OC)c1.Cl. The molecule has 0 aromatic heterocycles. The normalized spacial score (nSPS) is 11.2. The van der Waals surface area contributed by atoms with Crippen molar-refractivity contribution in [1.29, 1.82) is 0 Å². The zero-order chi connectivity index (χ0) is 14.3. The number of ether oxygens (including phenoxy) is 3. The molecule has 0 aliphatic heterocycles. The van der Waals surface area contributed by atoms with Crippen LogP contribution in [-0.2, 0) is 9.53 Å². The van der Waals surface area contributed by atoms with Gasteiger partial charge in [-0.2, -0.15) is 0 Å². The van der Waals surface area contributed by atoms with E-state index in [9.17, 15) is 4.79 Å². The molecular formula is C14H22ClNO4. The topological polar surface area (TPSA) is 56.8 Å². The van der Waals surface area contributed by atoms with E-state index in [4.69, 9.17) is 14.2 Å². The third-order valence-electron chi connectivity index (χ3n) is 2.77. The molecule has 1 rings (SSSR count). The molecule has 0 radical (unpaired) electrons. The van der Waals surface area contributed by atoms with Crippen molar-refractivity contribution in [2.45, 2.75) is 19.9 Å². The maximum Gasteiger partial charge on any atom is 0.319 e. The van der Waals surface area contributed by atoms with Crippen molar-refractivity contribution in [3.63, 3.8) is 0 Å². The van der Waals surface area contributed by atoms with Crippen LogP contribution >= 0.6 is 12.4 Å². The minimum absolute atomic E-state index is 0. The fraction of sp³-hybridized carbons (Fsp3) is 0.500. The molecule has 0 saturated heterocycles. The molecule has 1 aromatic carbocycles.